The second kappa shape index (κ2) is 8.01. The fourth-order valence-corrected chi connectivity index (χ4v) is 3.68. The van der Waals surface area contributed by atoms with E-state index in [-0.39, 0.29) is 29.2 Å². The van der Waals surface area contributed by atoms with Crippen LogP contribution in [0.2, 0.25) is 0 Å². The molecule has 1 aliphatic heterocycles. The summed E-state index contributed by atoms with van der Waals surface area (Å²) in [5.74, 6) is -0.131. The first-order chi connectivity index (χ1) is 14.0. The number of aromatic hydroxyl groups is 1. The van der Waals surface area contributed by atoms with Gasteiger partial charge < -0.3 is 20.1 Å². The van der Waals surface area contributed by atoms with Crippen molar-refractivity contribution in [2.24, 2.45) is 5.41 Å². The quantitative estimate of drug-likeness (QED) is 0.781. The van der Waals surface area contributed by atoms with Crippen molar-refractivity contribution < 1.29 is 19.4 Å². The van der Waals surface area contributed by atoms with Gasteiger partial charge in [-0.3, -0.25) is 4.79 Å². The maximum atomic E-state index is 12.8. The van der Waals surface area contributed by atoms with Gasteiger partial charge in [0.05, 0.1) is 6.04 Å². The molecule has 30 heavy (non-hydrogen) atoms. The van der Waals surface area contributed by atoms with E-state index < -0.39 is 5.60 Å². The molecule has 1 heterocycles. The van der Waals surface area contributed by atoms with Crippen molar-refractivity contribution in [1.82, 2.24) is 10.2 Å². The Bertz CT molecular complexity index is 932. The van der Waals surface area contributed by atoms with Gasteiger partial charge in [0.2, 0.25) is 0 Å². The average molecular weight is 411 g/mol. The predicted octanol–water partition coefficient (Wildman–Crippen LogP) is 4.43. The fraction of sp³-hybridized carbons (Fsp3) is 0.417. The van der Waals surface area contributed by atoms with Crippen molar-refractivity contribution in [2.75, 3.05) is 13.1 Å². The highest BCUT2D eigenvalue weighted by atomic mass is 16.6. The van der Waals surface area contributed by atoms with Crippen LogP contribution in [-0.4, -0.2) is 46.7 Å². The van der Waals surface area contributed by atoms with Crippen LogP contribution in [0.15, 0.2) is 48.5 Å². The molecular weight excluding hydrogens is 380 g/mol. The minimum Gasteiger partial charge on any atom is -0.507 e. The van der Waals surface area contributed by atoms with E-state index in [1.807, 2.05) is 51.1 Å². The van der Waals surface area contributed by atoms with Crippen LogP contribution in [0.3, 0.4) is 0 Å². The summed E-state index contributed by atoms with van der Waals surface area (Å²) in [6.45, 7) is 10.6. The minimum atomic E-state index is -0.565. The number of carbonyl (C=O) groups excluding carboxylic acids is 2. The van der Waals surface area contributed by atoms with Crippen LogP contribution >= 0.6 is 0 Å². The number of hydrogen-bond acceptors (Lipinski definition) is 4. The highest BCUT2D eigenvalue weighted by Gasteiger charge is 2.49. The lowest BCUT2D eigenvalue weighted by molar-refractivity contribution is -0.0625. The summed E-state index contributed by atoms with van der Waals surface area (Å²) in [6, 6.07) is 14.1. The van der Waals surface area contributed by atoms with Crippen LogP contribution < -0.4 is 5.32 Å². The molecule has 0 spiro atoms. The molecule has 160 valence electrons. The van der Waals surface area contributed by atoms with Gasteiger partial charge in [0, 0.05) is 29.6 Å². The number of amides is 2. The van der Waals surface area contributed by atoms with Crippen LogP contribution in [0.25, 0.3) is 11.1 Å². The number of hydrogen-bond donors (Lipinski definition) is 2. The minimum absolute atomic E-state index is 0.117. The second-order valence-electron chi connectivity index (χ2n) is 9.42. The lowest BCUT2D eigenvalue weighted by atomic mass is 9.75. The number of rotatable bonds is 4. The molecule has 0 bridgehead atoms. The molecule has 6 heteroatoms. The molecule has 0 aliphatic carbocycles. The molecule has 1 fully saturated rings. The van der Waals surface area contributed by atoms with Crippen molar-refractivity contribution in [3.63, 3.8) is 0 Å². The van der Waals surface area contributed by atoms with Crippen LogP contribution in [-0.2, 0) is 4.74 Å². The number of nitrogens with one attached hydrogen (secondary N) is 1. The van der Waals surface area contributed by atoms with E-state index in [2.05, 4.69) is 19.2 Å². The first-order valence-corrected chi connectivity index (χ1v) is 10.1. The summed E-state index contributed by atoms with van der Waals surface area (Å²) in [5, 5.41) is 13.1. The standard InChI is InChI=1S/C24H30N2O4/c1-23(2,3)30-22(29)26-15-24(4,5)20(26)14-25-21(28)17-11-12-19(27)18(13-17)16-9-7-6-8-10-16/h6-13,20,27H,14-15H2,1-5H3,(H,25,28). The van der Waals surface area contributed by atoms with E-state index >= 15 is 0 Å². The fourth-order valence-electron chi connectivity index (χ4n) is 3.68. The third-order valence-corrected chi connectivity index (χ3v) is 5.28. The third kappa shape index (κ3) is 4.75. The molecule has 3 rings (SSSR count). The van der Waals surface area contributed by atoms with Gasteiger partial charge in [0.25, 0.3) is 5.91 Å². The Morgan fingerprint density at radius 3 is 2.43 bits per heavy atom. The highest BCUT2D eigenvalue weighted by molar-refractivity contribution is 5.96. The number of phenolic OH excluding ortho intramolecular Hbond substituents is 1. The van der Waals surface area contributed by atoms with Crippen molar-refractivity contribution in [1.29, 1.82) is 0 Å². The van der Waals surface area contributed by atoms with Crippen LogP contribution in [0.4, 0.5) is 4.79 Å². The Labute approximate surface area is 177 Å². The monoisotopic (exact) mass is 410 g/mol. The normalized spacial score (nSPS) is 17.8. The zero-order valence-corrected chi connectivity index (χ0v) is 18.2. The number of carbonyl (C=O) groups is 2. The molecule has 2 aromatic rings. The first kappa shape index (κ1) is 21.7. The van der Waals surface area contributed by atoms with E-state index in [0.29, 0.717) is 24.2 Å². The summed E-state index contributed by atoms with van der Waals surface area (Å²) in [5.41, 5.74) is 1.20. The molecule has 6 nitrogen and oxygen atoms in total. The van der Waals surface area contributed by atoms with Crippen molar-refractivity contribution >= 4 is 12.0 Å². The molecule has 0 aromatic heterocycles. The van der Waals surface area contributed by atoms with Gasteiger partial charge in [-0.1, -0.05) is 44.2 Å². The highest BCUT2D eigenvalue weighted by Crippen LogP contribution is 2.37. The first-order valence-electron chi connectivity index (χ1n) is 10.1. The van der Waals surface area contributed by atoms with E-state index in [1.165, 1.54) is 6.07 Å². The molecule has 2 aromatic carbocycles. The number of nitrogens with zero attached hydrogens (tertiary/aromatic N) is 1. The summed E-state index contributed by atoms with van der Waals surface area (Å²) in [7, 11) is 0. The van der Waals surface area contributed by atoms with Crippen LogP contribution in [0.5, 0.6) is 5.75 Å². The predicted molar refractivity (Wildman–Crippen MR) is 116 cm³/mol. The van der Waals surface area contributed by atoms with Crippen molar-refractivity contribution in [2.45, 2.75) is 46.3 Å². The molecule has 1 unspecified atom stereocenters. The van der Waals surface area contributed by atoms with Gasteiger partial charge in [0.15, 0.2) is 0 Å². The molecule has 0 saturated carbocycles. The Morgan fingerprint density at radius 1 is 1.17 bits per heavy atom. The van der Waals surface area contributed by atoms with Gasteiger partial charge >= 0.3 is 6.09 Å². The van der Waals surface area contributed by atoms with Gasteiger partial charge in [0.1, 0.15) is 11.4 Å². The Balaban J connectivity index is 1.69. The average Bonchev–Trinajstić information content (AvgIpc) is 2.66. The van der Waals surface area contributed by atoms with E-state index in [9.17, 15) is 14.7 Å². The molecule has 2 N–H and O–H groups in total. The molecule has 2 amide bonds. The lowest BCUT2D eigenvalue weighted by Crippen LogP contribution is -2.67. The number of ether oxygens (including phenoxy) is 1. The van der Waals surface area contributed by atoms with E-state index in [0.717, 1.165) is 5.56 Å². The second-order valence-corrected chi connectivity index (χ2v) is 9.42. The van der Waals surface area contributed by atoms with Crippen molar-refractivity contribution in [3.05, 3.63) is 54.1 Å². The summed E-state index contributed by atoms with van der Waals surface area (Å²) in [4.78, 5) is 26.9. The summed E-state index contributed by atoms with van der Waals surface area (Å²) < 4.78 is 5.48. The van der Waals surface area contributed by atoms with Crippen LogP contribution in [0, 0.1) is 5.41 Å². The van der Waals surface area contributed by atoms with Gasteiger partial charge in [-0.05, 0) is 44.5 Å². The maximum absolute atomic E-state index is 12.8. The van der Waals surface area contributed by atoms with Gasteiger partial charge in [-0.2, -0.15) is 0 Å². The number of benzene rings is 2. The molecule has 1 atom stereocenters. The Hall–Kier alpha value is -3.02. The SMILES string of the molecule is CC(C)(C)OC(=O)N1CC(C)(C)C1CNC(=O)c1ccc(O)c(-c2ccccc2)c1. The zero-order valence-electron chi connectivity index (χ0n) is 18.2. The molecular formula is C24H30N2O4. The molecule has 0 radical (unpaired) electrons. The number of phenols is 1. The smallest absolute Gasteiger partial charge is 0.410 e. The van der Waals surface area contributed by atoms with Crippen LogP contribution in [0.1, 0.15) is 45.0 Å². The lowest BCUT2D eigenvalue weighted by Gasteiger charge is -2.53. The van der Waals surface area contributed by atoms with Gasteiger partial charge in [-0.15, -0.1) is 0 Å². The van der Waals surface area contributed by atoms with E-state index in [1.54, 1.807) is 17.0 Å². The third-order valence-electron chi connectivity index (χ3n) is 5.28. The summed E-state index contributed by atoms with van der Waals surface area (Å²) in [6.07, 6.45) is -0.364. The zero-order chi connectivity index (χ0) is 22.1. The number of likely N-dealkylation sites (tertiary alicyclic amines) is 1. The largest absolute Gasteiger partial charge is 0.507 e. The van der Waals surface area contributed by atoms with E-state index in [4.69, 9.17) is 4.74 Å². The topological polar surface area (TPSA) is 78.9 Å². The Morgan fingerprint density at radius 2 is 1.83 bits per heavy atom. The maximum Gasteiger partial charge on any atom is 0.410 e. The molecule has 1 saturated heterocycles. The molecule has 1 aliphatic rings. The van der Waals surface area contributed by atoms with Gasteiger partial charge in [-0.25, -0.2) is 4.79 Å². The van der Waals surface area contributed by atoms with Crippen molar-refractivity contribution in [3.8, 4) is 16.9 Å². The Kier molecular flexibility index (Phi) is 5.79. The summed E-state index contributed by atoms with van der Waals surface area (Å²) >= 11 is 0.